The smallest absolute Gasteiger partial charge is 0.164 e. The molecule has 1 aliphatic carbocycles. The van der Waals surface area contributed by atoms with Crippen molar-refractivity contribution in [1.82, 2.24) is 15.0 Å². The van der Waals surface area contributed by atoms with Crippen LogP contribution in [0.3, 0.4) is 0 Å². The molecule has 0 aliphatic heterocycles. The Morgan fingerprint density at radius 2 is 0.688 bits per heavy atom. The van der Waals surface area contributed by atoms with Gasteiger partial charge in [0.25, 0.3) is 0 Å². The van der Waals surface area contributed by atoms with Crippen molar-refractivity contribution in [2.75, 3.05) is 0 Å². The first-order chi connectivity index (χ1) is 31.0. The molecule has 0 N–H and O–H groups in total. The second-order valence-corrected chi connectivity index (χ2v) is 19.3. The van der Waals surface area contributed by atoms with Crippen molar-refractivity contribution in [2.24, 2.45) is 0 Å². The normalized spacial score (nSPS) is 12.2. The van der Waals surface area contributed by atoms with E-state index >= 15 is 0 Å². The van der Waals surface area contributed by atoms with Crippen LogP contribution in [-0.4, -0.2) is 15.0 Å². The highest BCUT2D eigenvalue weighted by molar-refractivity contribution is 6.18. The maximum atomic E-state index is 5.18. The van der Waals surface area contributed by atoms with Gasteiger partial charge in [-0.3, -0.25) is 0 Å². The van der Waals surface area contributed by atoms with Crippen LogP contribution in [0.4, 0.5) is 0 Å². The van der Waals surface area contributed by atoms with Gasteiger partial charge in [-0.05, 0) is 117 Å². The van der Waals surface area contributed by atoms with Crippen LogP contribution in [0.15, 0.2) is 188 Å². The second-order valence-electron chi connectivity index (χ2n) is 19.3. The Morgan fingerprint density at radius 3 is 1.23 bits per heavy atom. The fourth-order valence-electron chi connectivity index (χ4n) is 9.44. The highest BCUT2D eigenvalue weighted by Crippen LogP contribution is 2.49. The van der Waals surface area contributed by atoms with Crippen molar-refractivity contribution >= 4 is 21.5 Å². The summed E-state index contributed by atoms with van der Waals surface area (Å²) in [4.78, 5) is 15.5. The van der Waals surface area contributed by atoms with Gasteiger partial charge >= 0.3 is 0 Å². The van der Waals surface area contributed by atoms with E-state index in [1.807, 2.05) is 0 Å². The molecule has 0 fully saturated rings. The second kappa shape index (κ2) is 15.1. The summed E-state index contributed by atoms with van der Waals surface area (Å²) in [6, 6.07) is 68.5. The topological polar surface area (TPSA) is 38.7 Å². The number of benzene rings is 9. The van der Waals surface area contributed by atoms with E-state index in [2.05, 4.69) is 230 Å². The molecule has 0 saturated heterocycles. The fraction of sp³-hybridized carbons (Fsp3) is 0.131. The van der Waals surface area contributed by atoms with Gasteiger partial charge in [0, 0.05) is 16.7 Å². The molecule has 1 aliphatic rings. The molecule has 0 radical (unpaired) electrons. The molecule has 0 atom stereocenters. The molecule has 3 heteroatoms. The van der Waals surface area contributed by atoms with Crippen molar-refractivity contribution < 1.29 is 0 Å². The molecule has 0 saturated carbocycles. The molecule has 10 aromatic rings. The lowest BCUT2D eigenvalue weighted by Gasteiger charge is -2.19. The molecular weight excluding hydrogens is 775 g/mol. The zero-order chi connectivity index (χ0) is 43.7. The number of fused-ring (bicyclic) bond motifs is 4. The van der Waals surface area contributed by atoms with Crippen LogP contribution in [-0.2, 0) is 10.8 Å². The van der Waals surface area contributed by atoms with Gasteiger partial charge in [-0.2, -0.15) is 0 Å². The average molecular weight is 824 g/mol. The minimum atomic E-state index is 0.0396. The maximum absolute atomic E-state index is 5.18. The van der Waals surface area contributed by atoms with Crippen molar-refractivity contribution in [2.45, 2.75) is 52.4 Å². The summed E-state index contributed by atoms with van der Waals surface area (Å²) in [5.41, 5.74) is 17.8. The lowest BCUT2D eigenvalue weighted by molar-refractivity contribution is 0.590. The Labute approximate surface area is 376 Å². The first-order valence-corrected chi connectivity index (χ1v) is 22.3. The van der Waals surface area contributed by atoms with Gasteiger partial charge in [0.05, 0.1) is 0 Å². The summed E-state index contributed by atoms with van der Waals surface area (Å²) in [7, 11) is 0. The number of nitrogens with zero attached hydrogens (tertiary/aromatic N) is 3. The van der Waals surface area contributed by atoms with E-state index in [1.165, 1.54) is 71.6 Å². The van der Waals surface area contributed by atoms with E-state index in [4.69, 9.17) is 15.0 Å². The van der Waals surface area contributed by atoms with Gasteiger partial charge in [-0.1, -0.05) is 211 Å². The molecule has 1 aromatic heterocycles. The van der Waals surface area contributed by atoms with Crippen molar-refractivity contribution in [1.29, 1.82) is 0 Å². The van der Waals surface area contributed by atoms with Gasteiger partial charge in [0.1, 0.15) is 0 Å². The zero-order valence-electron chi connectivity index (χ0n) is 37.2. The van der Waals surface area contributed by atoms with E-state index in [0.717, 1.165) is 33.4 Å². The standard InChI is InChI=1S/C61H49N3/c1-60(2,3)46-29-25-40(26-30-46)57-62-58(41-27-31-47(32-28-41)61(4,5)6)64-59(63-57)45-16-11-15-44(35-45)55-37-43-14-8-7-13-42(43)36-54(55)39-23-21-38(22-24-39)48-33-34-53-50-18-10-9-17-49(50)52-20-12-19-51(48)56(52)53/h7-37H,1-6H3. The third-order valence-electron chi connectivity index (χ3n) is 13.0. The van der Waals surface area contributed by atoms with Crippen LogP contribution in [0.5, 0.6) is 0 Å². The molecule has 3 nitrogen and oxygen atoms in total. The predicted octanol–water partition coefficient (Wildman–Crippen LogP) is 16.4. The third kappa shape index (κ3) is 6.98. The van der Waals surface area contributed by atoms with E-state index < -0.39 is 0 Å². The first kappa shape index (κ1) is 39.4. The highest BCUT2D eigenvalue weighted by atomic mass is 15.0. The molecule has 64 heavy (non-hydrogen) atoms. The predicted molar refractivity (Wildman–Crippen MR) is 269 cm³/mol. The Kier molecular flexibility index (Phi) is 9.29. The summed E-state index contributed by atoms with van der Waals surface area (Å²) < 4.78 is 0. The SMILES string of the molecule is CC(C)(C)c1ccc(-c2nc(-c3ccc(C(C)(C)C)cc3)nc(-c3cccc(-c4cc5ccccc5cc4-c4ccc(-c5ccc6c7c(cccc57)-c5ccccc5-6)cc4)c3)n2)cc1. The van der Waals surface area contributed by atoms with Crippen LogP contribution in [0.1, 0.15) is 52.7 Å². The first-order valence-electron chi connectivity index (χ1n) is 22.3. The minimum Gasteiger partial charge on any atom is -0.208 e. The average Bonchev–Trinajstić information content (AvgIpc) is 3.65. The molecule has 308 valence electrons. The molecule has 9 aromatic carbocycles. The van der Waals surface area contributed by atoms with Crippen molar-refractivity contribution in [3.63, 3.8) is 0 Å². The largest absolute Gasteiger partial charge is 0.208 e. The van der Waals surface area contributed by atoms with E-state index in [1.54, 1.807) is 0 Å². The summed E-state index contributed by atoms with van der Waals surface area (Å²) >= 11 is 0. The Bertz CT molecular complexity index is 3310. The molecule has 0 spiro atoms. The highest BCUT2D eigenvalue weighted by Gasteiger charge is 2.23. The summed E-state index contributed by atoms with van der Waals surface area (Å²) in [6.07, 6.45) is 0. The minimum absolute atomic E-state index is 0.0396. The zero-order valence-corrected chi connectivity index (χ0v) is 37.2. The van der Waals surface area contributed by atoms with Crippen molar-refractivity contribution in [3.05, 3.63) is 199 Å². The molecular formula is C61H49N3. The number of rotatable bonds is 6. The Balaban J connectivity index is 1.01. The molecule has 0 amide bonds. The van der Waals surface area contributed by atoms with Gasteiger partial charge in [0.15, 0.2) is 17.5 Å². The number of aromatic nitrogens is 3. The van der Waals surface area contributed by atoms with Crippen LogP contribution < -0.4 is 0 Å². The summed E-state index contributed by atoms with van der Waals surface area (Å²) in [5.74, 6) is 1.95. The Hall–Kier alpha value is -7.49. The molecule has 11 rings (SSSR count). The summed E-state index contributed by atoms with van der Waals surface area (Å²) in [5, 5.41) is 5.03. The van der Waals surface area contributed by atoms with Crippen LogP contribution in [0, 0.1) is 0 Å². The lowest BCUT2D eigenvalue weighted by Crippen LogP contribution is -2.10. The van der Waals surface area contributed by atoms with Crippen LogP contribution >= 0.6 is 0 Å². The van der Waals surface area contributed by atoms with E-state index in [-0.39, 0.29) is 10.8 Å². The lowest BCUT2D eigenvalue weighted by atomic mass is 9.86. The van der Waals surface area contributed by atoms with Crippen molar-refractivity contribution in [3.8, 4) is 89.8 Å². The van der Waals surface area contributed by atoms with Gasteiger partial charge in [0.2, 0.25) is 0 Å². The van der Waals surface area contributed by atoms with Gasteiger partial charge in [-0.25, -0.2) is 15.0 Å². The fourth-order valence-corrected chi connectivity index (χ4v) is 9.44. The number of hydrogen-bond acceptors (Lipinski definition) is 3. The van der Waals surface area contributed by atoms with E-state index in [0.29, 0.717) is 17.5 Å². The van der Waals surface area contributed by atoms with E-state index in [9.17, 15) is 0 Å². The van der Waals surface area contributed by atoms with Gasteiger partial charge < -0.3 is 0 Å². The maximum Gasteiger partial charge on any atom is 0.164 e. The third-order valence-corrected chi connectivity index (χ3v) is 13.0. The summed E-state index contributed by atoms with van der Waals surface area (Å²) in [6.45, 7) is 13.4. The van der Waals surface area contributed by atoms with Crippen LogP contribution in [0.25, 0.3) is 111 Å². The molecule has 0 unspecified atom stereocenters. The molecule has 0 bridgehead atoms. The molecule has 1 heterocycles. The number of hydrogen-bond donors (Lipinski definition) is 0. The van der Waals surface area contributed by atoms with Crippen LogP contribution in [0.2, 0.25) is 0 Å². The monoisotopic (exact) mass is 823 g/mol. The van der Waals surface area contributed by atoms with Gasteiger partial charge in [-0.15, -0.1) is 0 Å². The quantitative estimate of drug-likeness (QED) is 0.168. The Morgan fingerprint density at radius 1 is 0.281 bits per heavy atom.